The van der Waals surface area contributed by atoms with Crippen LogP contribution in [0.15, 0.2) is 24.5 Å². The van der Waals surface area contributed by atoms with Crippen LogP contribution in [0.3, 0.4) is 0 Å². The lowest BCUT2D eigenvalue weighted by Crippen LogP contribution is -2.37. The largest absolute Gasteiger partial charge is 0.356 e. The van der Waals surface area contributed by atoms with Gasteiger partial charge in [-0.15, -0.1) is 0 Å². The van der Waals surface area contributed by atoms with E-state index in [0.29, 0.717) is 24.3 Å². The third-order valence-electron chi connectivity index (χ3n) is 3.70. The van der Waals surface area contributed by atoms with E-state index in [1.54, 1.807) is 18.0 Å². The Kier molecular flexibility index (Phi) is 6.33. The van der Waals surface area contributed by atoms with Gasteiger partial charge in [-0.2, -0.15) is 11.8 Å². The van der Waals surface area contributed by atoms with Crippen molar-refractivity contribution in [1.29, 1.82) is 0 Å². The first-order valence-electron chi connectivity index (χ1n) is 7.21. The van der Waals surface area contributed by atoms with Crippen molar-refractivity contribution in [2.75, 3.05) is 19.3 Å². The van der Waals surface area contributed by atoms with E-state index in [2.05, 4.69) is 21.9 Å². The van der Waals surface area contributed by atoms with Crippen LogP contribution in [0.1, 0.15) is 24.8 Å². The number of nitrogens with zero attached hydrogens (tertiary/aromatic N) is 1. The SMILES string of the molecule is CSC(CC(=O)NCCc1cccnc1)C1CCCN1. The van der Waals surface area contributed by atoms with Crippen molar-refractivity contribution < 1.29 is 4.79 Å². The average molecular weight is 293 g/mol. The van der Waals surface area contributed by atoms with Crippen LogP contribution in [0.5, 0.6) is 0 Å². The summed E-state index contributed by atoms with van der Waals surface area (Å²) in [5.41, 5.74) is 1.16. The molecule has 1 aromatic rings. The van der Waals surface area contributed by atoms with Gasteiger partial charge in [0, 0.05) is 36.7 Å². The zero-order valence-corrected chi connectivity index (χ0v) is 12.8. The first-order valence-corrected chi connectivity index (χ1v) is 8.50. The summed E-state index contributed by atoms with van der Waals surface area (Å²) in [5, 5.41) is 6.88. The number of pyridine rings is 1. The lowest BCUT2D eigenvalue weighted by Gasteiger charge is -2.21. The smallest absolute Gasteiger partial charge is 0.221 e. The fourth-order valence-corrected chi connectivity index (χ4v) is 3.44. The van der Waals surface area contributed by atoms with Crippen molar-refractivity contribution in [2.45, 2.75) is 37.0 Å². The molecule has 1 amide bonds. The van der Waals surface area contributed by atoms with E-state index in [-0.39, 0.29) is 5.91 Å². The highest BCUT2D eigenvalue weighted by Crippen LogP contribution is 2.21. The molecule has 1 aliphatic rings. The monoisotopic (exact) mass is 293 g/mol. The number of carbonyl (C=O) groups excluding carboxylic acids is 1. The van der Waals surface area contributed by atoms with E-state index in [9.17, 15) is 4.79 Å². The summed E-state index contributed by atoms with van der Waals surface area (Å²) in [6, 6.07) is 4.45. The van der Waals surface area contributed by atoms with E-state index in [1.165, 1.54) is 12.8 Å². The molecule has 1 saturated heterocycles. The normalized spacial score (nSPS) is 19.8. The zero-order chi connectivity index (χ0) is 14.2. The summed E-state index contributed by atoms with van der Waals surface area (Å²) in [4.78, 5) is 16.1. The number of nitrogens with one attached hydrogen (secondary N) is 2. The number of aromatic nitrogens is 1. The highest BCUT2D eigenvalue weighted by atomic mass is 32.2. The molecule has 0 saturated carbocycles. The first-order chi connectivity index (χ1) is 9.79. The second kappa shape index (κ2) is 8.27. The highest BCUT2D eigenvalue weighted by Gasteiger charge is 2.25. The van der Waals surface area contributed by atoms with Gasteiger partial charge in [0.15, 0.2) is 0 Å². The number of carbonyl (C=O) groups is 1. The van der Waals surface area contributed by atoms with E-state index >= 15 is 0 Å². The second-order valence-electron chi connectivity index (χ2n) is 5.14. The standard InChI is InChI=1S/C15H23N3OS/c1-20-14(13-5-3-8-17-13)10-15(19)18-9-6-12-4-2-7-16-11-12/h2,4,7,11,13-14,17H,3,5-6,8-10H2,1H3,(H,18,19). The van der Waals surface area contributed by atoms with Gasteiger partial charge < -0.3 is 10.6 Å². The van der Waals surface area contributed by atoms with Gasteiger partial charge in [-0.1, -0.05) is 6.07 Å². The van der Waals surface area contributed by atoms with Gasteiger partial charge in [-0.3, -0.25) is 9.78 Å². The van der Waals surface area contributed by atoms with E-state index < -0.39 is 0 Å². The molecular formula is C15H23N3OS. The van der Waals surface area contributed by atoms with Crippen molar-refractivity contribution in [3.63, 3.8) is 0 Å². The maximum Gasteiger partial charge on any atom is 0.221 e. The molecule has 2 rings (SSSR count). The molecular weight excluding hydrogens is 270 g/mol. The predicted octanol–water partition coefficient (Wildman–Crippen LogP) is 1.61. The van der Waals surface area contributed by atoms with E-state index in [4.69, 9.17) is 0 Å². The Labute approximate surface area is 125 Å². The molecule has 1 aromatic heterocycles. The Balaban J connectivity index is 1.69. The molecule has 1 fully saturated rings. The summed E-state index contributed by atoms with van der Waals surface area (Å²) < 4.78 is 0. The molecule has 20 heavy (non-hydrogen) atoms. The summed E-state index contributed by atoms with van der Waals surface area (Å²) >= 11 is 1.79. The quantitative estimate of drug-likeness (QED) is 0.802. The number of amides is 1. The summed E-state index contributed by atoms with van der Waals surface area (Å²) in [6.07, 6.45) is 9.56. The molecule has 1 aliphatic heterocycles. The molecule has 2 N–H and O–H groups in total. The Hall–Kier alpha value is -1.07. The zero-order valence-electron chi connectivity index (χ0n) is 12.0. The van der Waals surface area contributed by atoms with Gasteiger partial charge in [0.05, 0.1) is 0 Å². The number of thioether (sulfide) groups is 1. The average Bonchev–Trinajstić information content (AvgIpc) is 3.00. The molecule has 110 valence electrons. The lowest BCUT2D eigenvalue weighted by molar-refractivity contribution is -0.121. The molecule has 0 aliphatic carbocycles. The van der Waals surface area contributed by atoms with Crippen LogP contribution in [-0.4, -0.2) is 41.5 Å². The number of rotatable bonds is 7. The van der Waals surface area contributed by atoms with Gasteiger partial charge in [-0.05, 0) is 43.7 Å². The maximum absolute atomic E-state index is 12.0. The predicted molar refractivity (Wildman–Crippen MR) is 83.9 cm³/mol. The third-order valence-corrected chi connectivity index (χ3v) is 4.80. The molecule has 0 aromatic carbocycles. The van der Waals surface area contributed by atoms with Crippen molar-refractivity contribution >= 4 is 17.7 Å². The molecule has 2 atom stereocenters. The lowest BCUT2D eigenvalue weighted by atomic mass is 10.1. The molecule has 0 spiro atoms. The van der Waals surface area contributed by atoms with Crippen LogP contribution in [0, 0.1) is 0 Å². The van der Waals surface area contributed by atoms with E-state index in [0.717, 1.165) is 18.5 Å². The van der Waals surface area contributed by atoms with Crippen LogP contribution in [0.4, 0.5) is 0 Å². The van der Waals surface area contributed by atoms with Crippen molar-refractivity contribution in [1.82, 2.24) is 15.6 Å². The van der Waals surface area contributed by atoms with Crippen molar-refractivity contribution in [3.8, 4) is 0 Å². The summed E-state index contributed by atoms with van der Waals surface area (Å²) in [5.74, 6) is 0.155. The molecule has 5 heteroatoms. The van der Waals surface area contributed by atoms with Crippen molar-refractivity contribution in [3.05, 3.63) is 30.1 Å². The van der Waals surface area contributed by atoms with E-state index in [1.807, 2.05) is 18.3 Å². The fourth-order valence-electron chi connectivity index (χ4n) is 2.57. The van der Waals surface area contributed by atoms with Gasteiger partial charge in [-0.25, -0.2) is 0 Å². The number of hydrogen-bond acceptors (Lipinski definition) is 4. The Morgan fingerprint density at radius 1 is 1.65 bits per heavy atom. The van der Waals surface area contributed by atoms with Crippen LogP contribution < -0.4 is 10.6 Å². The van der Waals surface area contributed by atoms with Crippen LogP contribution in [0.2, 0.25) is 0 Å². The minimum Gasteiger partial charge on any atom is -0.356 e. The molecule has 0 radical (unpaired) electrons. The fraction of sp³-hybridized carbons (Fsp3) is 0.600. The Morgan fingerprint density at radius 3 is 3.20 bits per heavy atom. The summed E-state index contributed by atoms with van der Waals surface area (Å²) in [6.45, 7) is 1.77. The Bertz CT molecular complexity index is 407. The maximum atomic E-state index is 12.0. The molecule has 4 nitrogen and oxygen atoms in total. The highest BCUT2D eigenvalue weighted by molar-refractivity contribution is 7.99. The Morgan fingerprint density at radius 2 is 2.55 bits per heavy atom. The minimum absolute atomic E-state index is 0.155. The summed E-state index contributed by atoms with van der Waals surface area (Å²) in [7, 11) is 0. The van der Waals surface area contributed by atoms with Crippen molar-refractivity contribution in [2.24, 2.45) is 0 Å². The molecule has 2 heterocycles. The second-order valence-corrected chi connectivity index (χ2v) is 6.22. The molecule has 2 unspecified atom stereocenters. The topological polar surface area (TPSA) is 54.0 Å². The number of hydrogen-bond donors (Lipinski definition) is 2. The van der Waals surface area contributed by atoms with Gasteiger partial charge in [0.25, 0.3) is 0 Å². The van der Waals surface area contributed by atoms with Gasteiger partial charge in [0.1, 0.15) is 0 Å². The first kappa shape index (κ1) is 15.3. The molecule has 0 bridgehead atoms. The minimum atomic E-state index is 0.155. The third kappa shape index (κ3) is 4.80. The van der Waals surface area contributed by atoms with Gasteiger partial charge >= 0.3 is 0 Å². The van der Waals surface area contributed by atoms with Crippen LogP contribution in [0.25, 0.3) is 0 Å². The van der Waals surface area contributed by atoms with Crippen LogP contribution >= 0.6 is 11.8 Å². The van der Waals surface area contributed by atoms with Crippen LogP contribution in [-0.2, 0) is 11.2 Å². The van der Waals surface area contributed by atoms with Gasteiger partial charge in [0.2, 0.25) is 5.91 Å².